The van der Waals surface area contributed by atoms with Crippen LogP contribution in [0.3, 0.4) is 0 Å². The highest BCUT2D eigenvalue weighted by molar-refractivity contribution is 4.95. The number of hydrogen-bond donors (Lipinski definition) is 1. The molecule has 1 saturated carbocycles. The van der Waals surface area contributed by atoms with Crippen molar-refractivity contribution in [1.29, 1.82) is 5.26 Å². The van der Waals surface area contributed by atoms with Gasteiger partial charge in [-0.05, 0) is 38.3 Å². The lowest BCUT2D eigenvalue weighted by molar-refractivity contribution is 0.235. The minimum atomic E-state index is -0.00207. The molecule has 0 aromatic rings. The molecule has 1 unspecified atom stereocenters. The predicted octanol–water partition coefficient (Wildman–Crippen LogP) is 2.00. The van der Waals surface area contributed by atoms with Gasteiger partial charge in [0.2, 0.25) is 0 Å². The van der Waals surface area contributed by atoms with Crippen LogP contribution in [0.5, 0.6) is 0 Å². The molecule has 1 aliphatic rings. The SMILES string of the molecule is CCNC(C#N)CN(CCC(C)C)C1CC1. The minimum Gasteiger partial charge on any atom is -0.301 e. The van der Waals surface area contributed by atoms with Crippen LogP contribution in [0.15, 0.2) is 0 Å². The summed E-state index contributed by atoms with van der Waals surface area (Å²) in [6.45, 7) is 9.49. The van der Waals surface area contributed by atoms with Crippen molar-refractivity contribution >= 4 is 0 Å². The number of nitrogens with zero attached hydrogens (tertiary/aromatic N) is 2. The number of likely N-dealkylation sites (N-methyl/N-ethyl adjacent to an activating group) is 1. The van der Waals surface area contributed by atoms with Crippen LogP contribution in [0.1, 0.15) is 40.0 Å². The summed E-state index contributed by atoms with van der Waals surface area (Å²) in [6.07, 6.45) is 3.88. The van der Waals surface area contributed by atoms with Gasteiger partial charge in [0.25, 0.3) is 0 Å². The second kappa shape index (κ2) is 6.88. The van der Waals surface area contributed by atoms with Gasteiger partial charge in [-0.3, -0.25) is 4.90 Å². The van der Waals surface area contributed by atoms with E-state index >= 15 is 0 Å². The van der Waals surface area contributed by atoms with Crippen molar-refractivity contribution in [3.8, 4) is 6.07 Å². The molecule has 0 radical (unpaired) electrons. The summed E-state index contributed by atoms with van der Waals surface area (Å²) in [5.74, 6) is 0.751. The smallest absolute Gasteiger partial charge is 0.108 e. The Hall–Kier alpha value is -0.590. The quantitative estimate of drug-likeness (QED) is 0.684. The highest BCUT2D eigenvalue weighted by Gasteiger charge is 2.30. The van der Waals surface area contributed by atoms with E-state index in [-0.39, 0.29) is 6.04 Å². The van der Waals surface area contributed by atoms with Gasteiger partial charge in [-0.25, -0.2) is 0 Å². The fourth-order valence-corrected chi connectivity index (χ4v) is 1.92. The largest absolute Gasteiger partial charge is 0.301 e. The van der Waals surface area contributed by atoms with E-state index in [1.54, 1.807) is 0 Å². The first kappa shape index (κ1) is 13.5. The van der Waals surface area contributed by atoms with E-state index in [0.29, 0.717) is 0 Å². The Morgan fingerprint density at radius 1 is 1.44 bits per heavy atom. The maximum absolute atomic E-state index is 9.05. The molecule has 0 spiro atoms. The van der Waals surface area contributed by atoms with E-state index in [9.17, 15) is 0 Å². The van der Waals surface area contributed by atoms with Crippen LogP contribution in [0.4, 0.5) is 0 Å². The van der Waals surface area contributed by atoms with Crippen LogP contribution in [-0.4, -0.2) is 36.6 Å². The molecule has 1 aliphatic carbocycles. The Morgan fingerprint density at radius 3 is 2.56 bits per heavy atom. The molecule has 92 valence electrons. The zero-order valence-corrected chi connectivity index (χ0v) is 10.9. The molecule has 1 fully saturated rings. The highest BCUT2D eigenvalue weighted by Crippen LogP contribution is 2.27. The third-order valence-corrected chi connectivity index (χ3v) is 3.08. The lowest BCUT2D eigenvalue weighted by atomic mass is 10.1. The van der Waals surface area contributed by atoms with Crippen molar-refractivity contribution in [2.45, 2.75) is 52.1 Å². The van der Waals surface area contributed by atoms with Crippen LogP contribution in [0.2, 0.25) is 0 Å². The van der Waals surface area contributed by atoms with Crippen molar-refractivity contribution in [3.05, 3.63) is 0 Å². The van der Waals surface area contributed by atoms with Crippen LogP contribution in [0, 0.1) is 17.2 Å². The summed E-state index contributed by atoms with van der Waals surface area (Å²) in [7, 11) is 0. The maximum Gasteiger partial charge on any atom is 0.108 e. The molecule has 0 amide bonds. The molecule has 0 heterocycles. The Balaban J connectivity index is 2.34. The van der Waals surface area contributed by atoms with Crippen molar-refractivity contribution < 1.29 is 0 Å². The topological polar surface area (TPSA) is 39.1 Å². The third-order valence-electron chi connectivity index (χ3n) is 3.08. The molecule has 1 rings (SSSR count). The fourth-order valence-electron chi connectivity index (χ4n) is 1.92. The number of nitriles is 1. The lowest BCUT2D eigenvalue weighted by Crippen LogP contribution is -2.41. The van der Waals surface area contributed by atoms with Crippen molar-refractivity contribution in [3.63, 3.8) is 0 Å². The van der Waals surface area contributed by atoms with E-state index in [1.807, 2.05) is 0 Å². The molecular weight excluding hydrogens is 198 g/mol. The first-order valence-electron chi connectivity index (χ1n) is 6.54. The lowest BCUT2D eigenvalue weighted by Gasteiger charge is -2.25. The Morgan fingerprint density at radius 2 is 2.12 bits per heavy atom. The zero-order valence-electron chi connectivity index (χ0n) is 10.9. The predicted molar refractivity (Wildman–Crippen MR) is 67.1 cm³/mol. The van der Waals surface area contributed by atoms with Crippen molar-refractivity contribution in [2.24, 2.45) is 5.92 Å². The minimum absolute atomic E-state index is 0.00207. The fraction of sp³-hybridized carbons (Fsp3) is 0.923. The van der Waals surface area contributed by atoms with Gasteiger partial charge in [-0.2, -0.15) is 5.26 Å². The van der Waals surface area contributed by atoms with E-state index in [4.69, 9.17) is 5.26 Å². The van der Waals surface area contributed by atoms with Crippen LogP contribution in [-0.2, 0) is 0 Å². The van der Waals surface area contributed by atoms with Gasteiger partial charge in [0.1, 0.15) is 6.04 Å². The third kappa shape index (κ3) is 4.96. The summed E-state index contributed by atoms with van der Waals surface area (Å²) >= 11 is 0. The number of hydrogen-bond acceptors (Lipinski definition) is 3. The standard InChI is InChI=1S/C13H25N3/c1-4-15-12(9-14)10-16(13-5-6-13)8-7-11(2)3/h11-13,15H,4-8,10H2,1-3H3. The second-order valence-electron chi connectivity index (χ2n) is 5.15. The molecule has 3 nitrogen and oxygen atoms in total. The molecule has 0 bridgehead atoms. The van der Waals surface area contributed by atoms with Gasteiger partial charge in [0, 0.05) is 12.6 Å². The molecule has 3 heteroatoms. The van der Waals surface area contributed by atoms with Crippen molar-refractivity contribution in [2.75, 3.05) is 19.6 Å². The van der Waals surface area contributed by atoms with Crippen LogP contribution >= 0.6 is 0 Å². The van der Waals surface area contributed by atoms with Gasteiger partial charge >= 0.3 is 0 Å². The molecule has 1 N–H and O–H groups in total. The Kier molecular flexibility index (Phi) is 5.79. The first-order chi connectivity index (χ1) is 7.67. The Labute approximate surface area is 99.8 Å². The van der Waals surface area contributed by atoms with Crippen molar-refractivity contribution in [1.82, 2.24) is 10.2 Å². The summed E-state index contributed by atoms with van der Waals surface area (Å²) < 4.78 is 0. The molecule has 0 aliphatic heterocycles. The number of nitrogens with one attached hydrogen (secondary N) is 1. The average molecular weight is 223 g/mol. The molecule has 0 saturated heterocycles. The van der Waals surface area contributed by atoms with E-state index in [2.05, 4.69) is 37.1 Å². The van der Waals surface area contributed by atoms with Crippen LogP contribution < -0.4 is 5.32 Å². The summed E-state index contributed by atoms with van der Waals surface area (Å²) in [5.41, 5.74) is 0. The first-order valence-corrected chi connectivity index (χ1v) is 6.54. The van der Waals surface area contributed by atoms with E-state index < -0.39 is 0 Å². The molecule has 0 aromatic heterocycles. The summed E-state index contributed by atoms with van der Waals surface area (Å²) in [4.78, 5) is 2.50. The second-order valence-corrected chi connectivity index (χ2v) is 5.15. The molecule has 16 heavy (non-hydrogen) atoms. The number of rotatable bonds is 8. The van der Waals surface area contributed by atoms with Gasteiger partial charge in [0.15, 0.2) is 0 Å². The summed E-state index contributed by atoms with van der Waals surface area (Å²) in [5, 5.41) is 12.3. The van der Waals surface area contributed by atoms with E-state index in [1.165, 1.54) is 19.3 Å². The molecular formula is C13H25N3. The zero-order chi connectivity index (χ0) is 12.0. The normalized spacial score (nSPS) is 17.8. The van der Waals surface area contributed by atoms with Crippen LogP contribution in [0.25, 0.3) is 0 Å². The van der Waals surface area contributed by atoms with Gasteiger partial charge in [-0.15, -0.1) is 0 Å². The molecule has 0 aromatic carbocycles. The van der Waals surface area contributed by atoms with E-state index in [0.717, 1.165) is 31.6 Å². The van der Waals surface area contributed by atoms with Gasteiger partial charge in [-0.1, -0.05) is 20.8 Å². The monoisotopic (exact) mass is 223 g/mol. The highest BCUT2D eigenvalue weighted by atomic mass is 15.2. The summed E-state index contributed by atoms with van der Waals surface area (Å²) in [6, 6.07) is 3.11. The van der Waals surface area contributed by atoms with Gasteiger partial charge in [0.05, 0.1) is 6.07 Å². The maximum atomic E-state index is 9.05. The molecule has 1 atom stereocenters. The average Bonchev–Trinajstić information content (AvgIpc) is 3.06. The van der Waals surface area contributed by atoms with Gasteiger partial charge < -0.3 is 5.32 Å². The Bertz CT molecular complexity index is 228.